The molecule has 1 amide bonds. The standard InChI is InChI=1S/C22H18ClF3N4O2S.ClH/c1-32-17-8-7-16(23)19-18(17)28-21(33-19)30(11-2-10-29-12-9-27-13-29)20(31)14-3-5-15(6-4-14)22(24,25)26;/h3-9,12-13H,2,10-11H2,1H3;1H. The summed E-state index contributed by atoms with van der Waals surface area (Å²) in [6, 6.07) is 7.52. The van der Waals surface area contributed by atoms with Gasteiger partial charge in [0, 0.05) is 31.0 Å². The van der Waals surface area contributed by atoms with E-state index in [9.17, 15) is 18.0 Å². The van der Waals surface area contributed by atoms with E-state index in [2.05, 4.69) is 9.97 Å². The van der Waals surface area contributed by atoms with Gasteiger partial charge in [0.15, 0.2) is 5.13 Å². The quantitative estimate of drug-likeness (QED) is 0.280. The fourth-order valence-electron chi connectivity index (χ4n) is 3.29. The molecule has 0 aliphatic heterocycles. The number of halogens is 5. The molecule has 0 N–H and O–H groups in total. The predicted octanol–water partition coefficient (Wildman–Crippen LogP) is 6.33. The first-order valence-electron chi connectivity index (χ1n) is 9.86. The number of fused-ring (bicyclic) bond motifs is 1. The summed E-state index contributed by atoms with van der Waals surface area (Å²) in [5.74, 6) is 0.0562. The first kappa shape index (κ1) is 25.8. The minimum absolute atomic E-state index is 0. The minimum atomic E-state index is -4.48. The molecule has 0 aliphatic carbocycles. The van der Waals surface area contributed by atoms with Crippen molar-refractivity contribution < 1.29 is 22.7 Å². The number of aryl methyl sites for hydroxylation is 1. The van der Waals surface area contributed by atoms with Gasteiger partial charge in [-0.3, -0.25) is 9.69 Å². The molecule has 0 radical (unpaired) electrons. The van der Waals surface area contributed by atoms with Crippen LogP contribution >= 0.6 is 35.3 Å². The van der Waals surface area contributed by atoms with Gasteiger partial charge in [0.1, 0.15) is 11.3 Å². The molecule has 0 atom stereocenters. The van der Waals surface area contributed by atoms with E-state index in [1.807, 2.05) is 10.8 Å². The summed E-state index contributed by atoms with van der Waals surface area (Å²) in [5.41, 5.74) is -0.171. The van der Waals surface area contributed by atoms with E-state index in [1.165, 1.54) is 35.5 Å². The average Bonchev–Trinajstić information content (AvgIpc) is 3.47. The van der Waals surface area contributed by atoms with Crippen LogP contribution in [-0.4, -0.2) is 34.1 Å². The van der Waals surface area contributed by atoms with Gasteiger partial charge in [-0.1, -0.05) is 22.9 Å². The Morgan fingerprint density at radius 1 is 1.21 bits per heavy atom. The molecule has 4 rings (SSSR count). The Labute approximate surface area is 208 Å². The van der Waals surface area contributed by atoms with Crippen LogP contribution in [0.3, 0.4) is 0 Å². The van der Waals surface area contributed by atoms with Crippen molar-refractivity contribution in [3.05, 3.63) is 71.3 Å². The van der Waals surface area contributed by atoms with Gasteiger partial charge < -0.3 is 9.30 Å². The van der Waals surface area contributed by atoms with Crippen molar-refractivity contribution >= 4 is 56.6 Å². The zero-order valence-electron chi connectivity index (χ0n) is 17.8. The summed E-state index contributed by atoms with van der Waals surface area (Å²) in [6.45, 7) is 0.892. The third kappa shape index (κ3) is 5.45. The largest absolute Gasteiger partial charge is 0.494 e. The molecule has 6 nitrogen and oxygen atoms in total. The second-order valence-electron chi connectivity index (χ2n) is 7.11. The van der Waals surface area contributed by atoms with Crippen LogP contribution in [0.2, 0.25) is 5.02 Å². The molecule has 0 aliphatic rings. The van der Waals surface area contributed by atoms with Crippen molar-refractivity contribution in [1.29, 1.82) is 0 Å². The van der Waals surface area contributed by atoms with Crippen molar-refractivity contribution in [2.75, 3.05) is 18.6 Å². The van der Waals surface area contributed by atoms with E-state index in [1.54, 1.807) is 24.7 Å². The molecule has 12 heteroatoms. The van der Waals surface area contributed by atoms with Crippen molar-refractivity contribution in [2.24, 2.45) is 0 Å². The Bertz CT molecular complexity index is 1260. The third-order valence-electron chi connectivity index (χ3n) is 4.96. The molecule has 0 fully saturated rings. The third-order valence-corrected chi connectivity index (χ3v) is 6.50. The Kier molecular flexibility index (Phi) is 8.06. The van der Waals surface area contributed by atoms with Crippen molar-refractivity contribution in [1.82, 2.24) is 14.5 Å². The lowest BCUT2D eigenvalue weighted by Gasteiger charge is -2.20. The number of hydrogen-bond donors (Lipinski definition) is 0. The zero-order valence-corrected chi connectivity index (χ0v) is 20.1. The highest BCUT2D eigenvalue weighted by Crippen LogP contribution is 2.39. The van der Waals surface area contributed by atoms with E-state index < -0.39 is 17.6 Å². The van der Waals surface area contributed by atoms with Crippen molar-refractivity contribution in [3.8, 4) is 5.75 Å². The molecular weight excluding hydrogens is 512 g/mol. The van der Waals surface area contributed by atoms with Gasteiger partial charge in [-0.2, -0.15) is 13.2 Å². The minimum Gasteiger partial charge on any atom is -0.494 e. The fraction of sp³-hybridized carbons (Fsp3) is 0.227. The lowest BCUT2D eigenvalue weighted by molar-refractivity contribution is -0.137. The Balaban J connectivity index is 0.00000324. The van der Waals surface area contributed by atoms with Gasteiger partial charge in [0.2, 0.25) is 0 Å². The maximum absolute atomic E-state index is 13.3. The number of benzene rings is 2. The lowest BCUT2D eigenvalue weighted by atomic mass is 10.1. The van der Waals surface area contributed by atoms with Crippen LogP contribution in [0.25, 0.3) is 10.2 Å². The van der Waals surface area contributed by atoms with Gasteiger partial charge in [0.25, 0.3) is 5.91 Å². The zero-order chi connectivity index (χ0) is 23.6. The van der Waals surface area contributed by atoms with Crippen molar-refractivity contribution in [3.63, 3.8) is 0 Å². The lowest BCUT2D eigenvalue weighted by Crippen LogP contribution is -2.32. The van der Waals surface area contributed by atoms with Gasteiger partial charge in [0.05, 0.1) is 28.7 Å². The predicted molar refractivity (Wildman–Crippen MR) is 128 cm³/mol. The van der Waals surface area contributed by atoms with Crippen LogP contribution in [0, 0.1) is 0 Å². The number of imidazole rings is 1. The van der Waals surface area contributed by atoms with Crippen LogP contribution in [0.1, 0.15) is 22.3 Å². The molecule has 0 bridgehead atoms. The number of thiazole rings is 1. The molecule has 34 heavy (non-hydrogen) atoms. The fourth-order valence-corrected chi connectivity index (χ4v) is 4.57. The highest BCUT2D eigenvalue weighted by Gasteiger charge is 2.31. The molecule has 2 heterocycles. The number of methoxy groups -OCH3 is 1. The van der Waals surface area contributed by atoms with E-state index in [0.717, 1.165) is 12.1 Å². The second kappa shape index (κ2) is 10.6. The number of rotatable bonds is 7. The number of anilines is 1. The monoisotopic (exact) mass is 530 g/mol. The number of aromatic nitrogens is 3. The number of nitrogens with zero attached hydrogens (tertiary/aromatic N) is 4. The number of amides is 1. The summed E-state index contributed by atoms with van der Waals surface area (Å²) >= 11 is 7.55. The topological polar surface area (TPSA) is 60.2 Å². The summed E-state index contributed by atoms with van der Waals surface area (Å²) in [6.07, 6.45) is 1.23. The van der Waals surface area contributed by atoms with Crippen LogP contribution < -0.4 is 9.64 Å². The SMILES string of the molecule is COc1ccc(Cl)c2sc(N(CCCn3ccnc3)C(=O)c3ccc(C(F)(F)F)cc3)nc12.Cl. The molecular formula is C22H19Cl2F3N4O2S. The van der Waals surface area contributed by atoms with Crippen LogP contribution in [0.4, 0.5) is 18.3 Å². The Morgan fingerprint density at radius 3 is 2.56 bits per heavy atom. The molecule has 0 saturated heterocycles. The van der Waals surface area contributed by atoms with E-state index >= 15 is 0 Å². The number of carbonyl (C=O) groups is 1. The highest BCUT2D eigenvalue weighted by molar-refractivity contribution is 7.23. The smallest absolute Gasteiger partial charge is 0.416 e. The second-order valence-corrected chi connectivity index (χ2v) is 8.49. The molecule has 0 spiro atoms. The van der Waals surface area contributed by atoms with Gasteiger partial charge >= 0.3 is 6.18 Å². The summed E-state index contributed by atoms with van der Waals surface area (Å²) in [4.78, 5) is 23.4. The van der Waals surface area contributed by atoms with Crippen LogP contribution in [-0.2, 0) is 12.7 Å². The van der Waals surface area contributed by atoms with Gasteiger partial charge in [-0.15, -0.1) is 12.4 Å². The van der Waals surface area contributed by atoms with E-state index in [0.29, 0.717) is 39.1 Å². The molecule has 2 aromatic carbocycles. The number of alkyl halides is 3. The van der Waals surface area contributed by atoms with Crippen LogP contribution in [0.15, 0.2) is 55.1 Å². The number of hydrogen-bond acceptors (Lipinski definition) is 5. The van der Waals surface area contributed by atoms with Crippen LogP contribution in [0.5, 0.6) is 5.75 Å². The van der Waals surface area contributed by atoms with E-state index in [-0.39, 0.29) is 24.5 Å². The van der Waals surface area contributed by atoms with E-state index in [4.69, 9.17) is 16.3 Å². The molecule has 0 saturated carbocycles. The summed E-state index contributed by atoms with van der Waals surface area (Å²) < 4.78 is 46.7. The Hall–Kier alpha value is -2.82. The first-order chi connectivity index (χ1) is 15.8. The average molecular weight is 531 g/mol. The normalized spacial score (nSPS) is 11.3. The summed E-state index contributed by atoms with van der Waals surface area (Å²) in [5, 5.41) is 0.849. The van der Waals surface area contributed by atoms with Crippen molar-refractivity contribution in [2.45, 2.75) is 19.1 Å². The first-order valence-corrected chi connectivity index (χ1v) is 11.1. The highest BCUT2D eigenvalue weighted by atomic mass is 35.5. The maximum Gasteiger partial charge on any atom is 0.416 e. The Morgan fingerprint density at radius 2 is 1.94 bits per heavy atom. The summed E-state index contributed by atoms with van der Waals surface area (Å²) in [7, 11) is 1.51. The molecule has 2 aromatic heterocycles. The molecule has 4 aromatic rings. The number of carbonyl (C=O) groups excluding carboxylic acids is 1. The molecule has 180 valence electrons. The van der Waals surface area contributed by atoms with Gasteiger partial charge in [-0.05, 0) is 42.8 Å². The number of ether oxygens (including phenoxy) is 1. The maximum atomic E-state index is 13.3. The van der Waals surface area contributed by atoms with Gasteiger partial charge in [-0.25, -0.2) is 9.97 Å². The molecule has 0 unspecified atom stereocenters.